The lowest BCUT2D eigenvalue weighted by atomic mass is 10.2. The number of hydrogen-bond acceptors (Lipinski definition) is 2. The Morgan fingerprint density at radius 1 is 1.53 bits per heavy atom. The molecule has 0 heterocycles. The van der Waals surface area contributed by atoms with Crippen molar-refractivity contribution in [1.82, 2.24) is 0 Å². The Balaban J connectivity index is 2.49. The number of nitrogens with one attached hydrogen (secondary N) is 1. The summed E-state index contributed by atoms with van der Waals surface area (Å²) in [5.74, 6) is 3.00. The van der Waals surface area contributed by atoms with E-state index in [-0.39, 0.29) is 0 Å². The quantitative estimate of drug-likeness (QED) is 0.319. The van der Waals surface area contributed by atoms with E-state index in [2.05, 4.69) is 16.1 Å². The number of hydrogen-bond donors (Lipinski definition) is 2. The molecule has 0 aromatic heterocycles. The van der Waals surface area contributed by atoms with Gasteiger partial charge in [0.05, 0.1) is 5.75 Å². The zero-order valence-corrected chi connectivity index (χ0v) is 9.00. The van der Waals surface area contributed by atoms with Crippen molar-refractivity contribution in [3.63, 3.8) is 0 Å². The summed E-state index contributed by atoms with van der Waals surface area (Å²) in [6, 6.07) is 9.79. The van der Waals surface area contributed by atoms with Crippen LogP contribution in [0.2, 0.25) is 0 Å². The fourth-order valence-corrected chi connectivity index (χ4v) is 1.22. The summed E-state index contributed by atoms with van der Waals surface area (Å²) in [4.78, 5) is 0. The molecule has 1 aromatic rings. The van der Waals surface area contributed by atoms with Gasteiger partial charge in [0.1, 0.15) is 0 Å². The number of benzene rings is 1. The molecule has 0 unspecified atom stereocenters. The van der Waals surface area contributed by atoms with Crippen molar-refractivity contribution in [2.45, 2.75) is 0 Å². The Hall–Kier alpha value is -1.73. The second kappa shape index (κ2) is 6.68. The van der Waals surface area contributed by atoms with Crippen molar-refractivity contribution in [2.24, 2.45) is 10.8 Å². The smallest absolute Gasteiger partial charge is 0.226 e. The molecule has 0 radical (unpaired) electrons. The molecule has 0 fully saturated rings. The normalized spacial score (nSPS) is 11.5. The lowest BCUT2D eigenvalue weighted by Crippen LogP contribution is -2.62. The first-order chi connectivity index (χ1) is 7.33. The number of hydrazone groups is 1. The Morgan fingerprint density at radius 2 is 2.27 bits per heavy atom. The van der Waals surface area contributed by atoms with Crippen LogP contribution in [0, 0.1) is 12.3 Å². The summed E-state index contributed by atoms with van der Waals surface area (Å²) >= 11 is 1.32. The summed E-state index contributed by atoms with van der Waals surface area (Å²) in [5.41, 5.74) is 6.60. The summed E-state index contributed by atoms with van der Waals surface area (Å²) in [6.07, 6.45) is 6.85. The molecule has 0 saturated carbocycles. The third-order valence-electron chi connectivity index (χ3n) is 1.51. The van der Waals surface area contributed by atoms with E-state index in [1.807, 2.05) is 30.3 Å². The number of rotatable bonds is 3. The van der Waals surface area contributed by atoms with E-state index < -0.39 is 0 Å². The molecule has 1 rings (SSSR count). The van der Waals surface area contributed by atoms with E-state index in [0.717, 1.165) is 5.56 Å². The van der Waals surface area contributed by atoms with Crippen LogP contribution in [0.4, 0.5) is 0 Å². The van der Waals surface area contributed by atoms with Gasteiger partial charge >= 0.3 is 0 Å². The van der Waals surface area contributed by atoms with Gasteiger partial charge in [0, 0.05) is 10.7 Å². The highest BCUT2D eigenvalue weighted by Crippen LogP contribution is 1.94. The third kappa shape index (κ3) is 4.89. The van der Waals surface area contributed by atoms with E-state index in [4.69, 9.17) is 12.2 Å². The van der Waals surface area contributed by atoms with Crippen molar-refractivity contribution in [1.29, 1.82) is 0 Å². The first-order valence-electron chi connectivity index (χ1n) is 4.36. The minimum atomic E-state index is 0.431. The molecule has 0 aliphatic rings. The molecule has 1 aromatic carbocycles. The molecule has 0 amide bonds. The van der Waals surface area contributed by atoms with Gasteiger partial charge in [-0.1, -0.05) is 35.9 Å². The number of thioether (sulfide) groups is 1. The first-order valence-corrected chi connectivity index (χ1v) is 5.34. The maximum Gasteiger partial charge on any atom is 0.226 e. The lowest BCUT2D eigenvalue weighted by molar-refractivity contribution is -0.456. The zero-order chi connectivity index (χ0) is 10.9. The molecule has 0 atom stereocenters. The Labute approximate surface area is 93.5 Å². The Morgan fingerprint density at radius 3 is 2.93 bits per heavy atom. The van der Waals surface area contributed by atoms with Gasteiger partial charge < -0.3 is 5.73 Å². The van der Waals surface area contributed by atoms with Gasteiger partial charge in [0.15, 0.2) is 0 Å². The molecule has 76 valence electrons. The SMILES string of the molecule is C#CCSC(N)=N[NH+]=Cc1ccccc1. The molecule has 3 nitrogen and oxygen atoms in total. The van der Waals surface area contributed by atoms with Crippen molar-refractivity contribution in [3.05, 3.63) is 35.9 Å². The van der Waals surface area contributed by atoms with Crippen LogP contribution in [0.5, 0.6) is 0 Å². The minimum absolute atomic E-state index is 0.431. The Kier molecular flexibility index (Phi) is 5.06. The number of terminal acetylenes is 1. The van der Waals surface area contributed by atoms with Crippen molar-refractivity contribution < 1.29 is 5.10 Å². The number of nitrogens with two attached hydrogens (primary N) is 1. The van der Waals surface area contributed by atoms with Crippen molar-refractivity contribution in [2.75, 3.05) is 5.75 Å². The first kappa shape index (κ1) is 11.3. The summed E-state index contributed by atoms with van der Waals surface area (Å²) in [5, 5.41) is 7.10. The molecule has 0 bridgehead atoms. The molecular formula is C11H12N3S+. The molecule has 0 aliphatic carbocycles. The maximum atomic E-state index is 5.56. The predicted octanol–water partition coefficient (Wildman–Crippen LogP) is -0.218. The van der Waals surface area contributed by atoms with E-state index in [1.54, 1.807) is 6.21 Å². The Bertz CT molecular complexity index is 390. The largest absolute Gasteiger partial charge is 0.373 e. The van der Waals surface area contributed by atoms with E-state index in [0.29, 0.717) is 10.9 Å². The highest BCUT2D eigenvalue weighted by atomic mass is 32.2. The van der Waals surface area contributed by atoms with Crippen molar-refractivity contribution in [3.8, 4) is 12.3 Å². The minimum Gasteiger partial charge on any atom is -0.373 e. The van der Waals surface area contributed by atoms with Crippen LogP contribution in [0.25, 0.3) is 0 Å². The fraction of sp³-hybridized carbons (Fsp3) is 0.0909. The predicted molar refractivity (Wildman–Crippen MR) is 65.5 cm³/mol. The molecule has 3 N–H and O–H groups in total. The fourth-order valence-electron chi connectivity index (χ4n) is 0.868. The molecule has 0 saturated heterocycles. The number of nitrogens with zero attached hydrogens (tertiary/aromatic N) is 1. The molecule has 0 aliphatic heterocycles. The van der Waals surface area contributed by atoms with E-state index >= 15 is 0 Å². The highest BCUT2D eigenvalue weighted by molar-refractivity contribution is 8.13. The van der Waals surface area contributed by atoms with Crippen LogP contribution in [0.3, 0.4) is 0 Å². The topological polar surface area (TPSA) is 52.3 Å². The lowest BCUT2D eigenvalue weighted by Gasteiger charge is -1.87. The van der Waals surface area contributed by atoms with Crippen LogP contribution >= 0.6 is 11.8 Å². The summed E-state index contributed by atoms with van der Waals surface area (Å²) in [7, 11) is 0. The monoisotopic (exact) mass is 218 g/mol. The average Bonchev–Trinajstić information content (AvgIpc) is 2.28. The van der Waals surface area contributed by atoms with E-state index in [9.17, 15) is 0 Å². The van der Waals surface area contributed by atoms with Gasteiger partial charge in [-0.05, 0) is 12.1 Å². The average molecular weight is 218 g/mol. The molecular weight excluding hydrogens is 206 g/mol. The summed E-state index contributed by atoms with van der Waals surface area (Å²) < 4.78 is 0. The van der Waals surface area contributed by atoms with Crippen molar-refractivity contribution >= 4 is 23.1 Å². The van der Waals surface area contributed by atoms with Crippen LogP contribution < -0.4 is 10.8 Å². The number of amidine groups is 1. The van der Waals surface area contributed by atoms with Crippen LogP contribution in [0.1, 0.15) is 5.56 Å². The van der Waals surface area contributed by atoms with Gasteiger partial charge in [-0.2, -0.15) is 0 Å². The second-order valence-electron chi connectivity index (χ2n) is 2.63. The highest BCUT2D eigenvalue weighted by Gasteiger charge is 1.93. The van der Waals surface area contributed by atoms with Crippen LogP contribution in [-0.2, 0) is 0 Å². The van der Waals surface area contributed by atoms with E-state index in [1.165, 1.54) is 11.8 Å². The van der Waals surface area contributed by atoms with Gasteiger partial charge in [0.25, 0.3) is 0 Å². The van der Waals surface area contributed by atoms with Gasteiger partial charge in [0.2, 0.25) is 11.4 Å². The molecule has 4 heteroatoms. The summed E-state index contributed by atoms with van der Waals surface area (Å²) in [6.45, 7) is 0. The van der Waals surface area contributed by atoms with Gasteiger partial charge in [-0.3, -0.25) is 0 Å². The zero-order valence-electron chi connectivity index (χ0n) is 8.18. The molecule has 15 heavy (non-hydrogen) atoms. The molecule has 0 spiro atoms. The standard InChI is InChI=1S/C11H11N3S/c1-2-8-15-11(12)14-13-9-10-6-4-3-5-7-10/h1,3-7,9H,8H2,(H2,12,14)/p+1. The van der Waals surface area contributed by atoms with Gasteiger partial charge in [-0.25, -0.2) is 0 Å². The third-order valence-corrected chi connectivity index (χ3v) is 2.21. The van der Waals surface area contributed by atoms with Gasteiger partial charge in [-0.15, -0.1) is 11.5 Å². The van der Waals surface area contributed by atoms with Crippen LogP contribution in [-0.4, -0.2) is 17.1 Å². The van der Waals surface area contributed by atoms with Crippen LogP contribution in [0.15, 0.2) is 35.4 Å². The maximum absolute atomic E-state index is 5.56. The second-order valence-corrected chi connectivity index (χ2v) is 3.62.